The molecule has 0 bridgehead atoms. The number of nitrogens with zero attached hydrogens (tertiary/aromatic N) is 2. The van der Waals surface area contributed by atoms with E-state index in [9.17, 15) is 19.7 Å². The van der Waals surface area contributed by atoms with Gasteiger partial charge in [0.1, 0.15) is 6.04 Å². The van der Waals surface area contributed by atoms with Gasteiger partial charge >= 0.3 is 12.0 Å². The number of likely N-dealkylation sites (tertiary alicyclic amines) is 1. The number of hydrogen-bond acceptors (Lipinski definition) is 4. The van der Waals surface area contributed by atoms with Crippen molar-refractivity contribution in [2.75, 3.05) is 11.9 Å². The molecule has 0 aliphatic carbocycles. The Bertz CT molecular complexity index is 543. The molecule has 1 saturated heterocycles. The van der Waals surface area contributed by atoms with Crippen LogP contribution in [-0.4, -0.2) is 39.5 Å². The fourth-order valence-corrected chi connectivity index (χ4v) is 2.13. The topological polar surface area (TPSA) is 113 Å². The highest BCUT2D eigenvalue weighted by Gasteiger charge is 2.33. The molecule has 2 rings (SSSR count). The van der Waals surface area contributed by atoms with Crippen LogP contribution in [0.5, 0.6) is 0 Å². The van der Waals surface area contributed by atoms with Crippen LogP contribution in [0.1, 0.15) is 12.8 Å². The lowest BCUT2D eigenvalue weighted by Gasteiger charge is -2.21. The predicted molar refractivity (Wildman–Crippen MR) is 69.5 cm³/mol. The quantitative estimate of drug-likeness (QED) is 0.645. The number of nitrogens with one attached hydrogen (secondary N) is 1. The minimum atomic E-state index is -1.03. The fourth-order valence-electron chi connectivity index (χ4n) is 2.13. The molecule has 8 heteroatoms. The van der Waals surface area contributed by atoms with E-state index < -0.39 is 23.0 Å². The van der Waals surface area contributed by atoms with Crippen LogP contribution in [0.2, 0.25) is 0 Å². The zero-order valence-corrected chi connectivity index (χ0v) is 10.5. The number of nitro groups is 1. The van der Waals surface area contributed by atoms with E-state index in [1.165, 1.54) is 29.2 Å². The molecule has 1 fully saturated rings. The van der Waals surface area contributed by atoms with Gasteiger partial charge in [-0.15, -0.1) is 0 Å². The third kappa shape index (κ3) is 2.85. The minimum Gasteiger partial charge on any atom is -0.480 e. The lowest BCUT2D eigenvalue weighted by atomic mass is 10.2. The lowest BCUT2D eigenvalue weighted by Crippen LogP contribution is -2.42. The number of aliphatic carboxylic acids is 1. The molecule has 1 aliphatic heterocycles. The maximum Gasteiger partial charge on any atom is 0.326 e. The highest BCUT2D eigenvalue weighted by molar-refractivity contribution is 5.92. The number of carbonyl (C=O) groups excluding carboxylic acids is 1. The monoisotopic (exact) mass is 279 g/mol. The Morgan fingerprint density at radius 1 is 1.35 bits per heavy atom. The molecule has 1 atom stereocenters. The maximum absolute atomic E-state index is 12.0. The number of urea groups is 1. The largest absolute Gasteiger partial charge is 0.480 e. The van der Waals surface area contributed by atoms with Crippen LogP contribution in [-0.2, 0) is 4.79 Å². The standard InChI is InChI=1S/C12H13N3O5/c16-11(17)10-2-1-7-14(10)12(18)13-8-3-5-9(6-4-8)15(19)20/h3-6,10H,1-2,7H2,(H,13,18)(H,16,17). The first-order valence-corrected chi connectivity index (χ1v) is 6.04. The normalized spacial score (nSPS) is 17.8. The van der Waals surface area contributed by atoms with Crippen LogP contribution in [0.3, 0.4) is 0 Å². The van der Waals surface area contributed by atoms with Crippen molar-refractivity contribution in [3.8, 4) is 0 Å². The Morgan fingerprint density at radius 2 is 2.00 bits per heavy atom. The number of benzene rings is 1. The van der Waals surface area contributed by atoms with Gasteiger partial charge in [0.2, 0.25) is 0 Å². The Kier molecular flexibility index (Phi) is 3.83. The third-order valence-corrected chi connectivity index (χ3v) is 3.13. The summed E-state index contributed by atoms with van der Waals surface area (Å²) in [5.74, 6) is -1.03. The Labute approximate surface area is 114 Å². The SMILES string of the molecule is O=C(O)C1CCCN1C(=O)Nc1ccc([N+](=O)[O-])cc1. The van der Waals surface area contributed by atoms with E-state index in [4.69, 9.17) is 5.11 Å². The van der Waals surface area contributed by atoms with Crippen molar-refractivity contribution >= 4 is 23.4 Å². The number of anilines is 1. The summed E-state index contributed by atoms with van der Waals surface area (Å²) in [7, 11) is 0. The van der Waals surface area contributed by atoms with E-state index in [-0.39, 0.29) is 5.69 Å². The predicted octanol–water partition coefficient (Wildman–Crippen LogP) is 1.68. The molecule has 1 unspecified atom stereocenters. The van der Waals surface area contributed by atoms with Gasteiger partial charge in [-0.3, -0.25) is 10.1 Å². The zero-order chi connectivity index (χ0) is 14.7. The van der Waals surface area contributed by atoms with Gasteiger partial charge in [0, 0.05) is 24.4 Å². The van der Waals surface area contributed by atoms with Gasteiger partial charge in [0.15, 0.2) is 0 Å². The first-order chi connectivity index (χ1) is 9.49. The van der Waals surface area contributed by atoms with Gasteiger partial charge in [-0.1, -0.05) is 0 Å². The second-order valence-corrected chi connectivity index (χ2v) is 4.42. The Balaban J connectivity index is 2.04. The van der Waals surface area contributed by atoms with Gasteiger partial charge in [-0.2, -0.15) is 0 Å². The molecule has 0 spiro atoms. The molecule has 2 N–H and O–H groups in total. The van der Waals surface area contributed by atoms with E-state index in [1.807, 2.05) is 0 Å². The summed E-state index contributed by atoms with van der Waals surface area (Å²) in [4.78, 5) is 34.2. The van der Waals surface area contributed by atoms with Crippen LogP contribution in [0.25, 0.3) is 0 Å². The van der Waals surface area contributed by atoms with Crippen LogP contribution in [0, 0.1) is 10.1 Å². The van der Waals surface area contributed by atoms with Crippen molar-refractivity contribution in [3.63, 3.8) is 0 Å². The fraction of sp³-hybridized carbons (Fsp3) is 0.333. The molecule has 0 radical (unpaired) electrons. The van der Waals surface area contributed by atoms with Crippen molar-refractivity contribution in [3.05, 3.63) is 34.4 Å². The molecule has 1 aromatic carbocycles. The van der Waals surface area contributed by atoms with E-state index in [0.29, 0.717) is 25.1 Å². The molecule has 8 nitrogen and oxygen atoms in total. The van der Waals surface area contributed by atoms with Crippen LogP contribution < -0.4 is 5.32 Å². The first kappa shape index (κ1) is 13.8. The summed E-state index contributed by atoms with van der Waals surface area (Å²) in [5, 5.41) is 22.0. The summed E-state index contributed by atoms with van der Waals surface area (Å²) in [6.07, 6.45) is 1.08. The summed E-state index contributed by atoms with van der Waals surface area (Å²) < 4.78 is 0. The number of carbonyl (C=O) groups is 2. The first-order valence-electron chi connectivity index (χ1n) is 6.04. The molecule has 106 valence electrons. The average Bonchev–Trinajstić information content (AvgIpc) is 2.88. The van der Waals surface area contributed by atoms with Crippen molar-refractivity contribution in [2.24, 2.45) is 0 Å². The molecule has 2 amide bonds. The molecular formula is C12H13N3O5. The highest BCUT2D eigenvalue weighted by Crippen LogP contribution is 2.20. The van der Waals surface area contributed by atoms with Crippen molar-refractivity contribution < 1.29 is 19.6 Å². The van der Waals surface area contributed by atoms with Gasteiger partial charge < -0.3 is 15.3 Å². The van der Waals surface area contributed by atoms with Crippen molar-refractivity contribution in [2.45, 2.75) is 18.9 Å². The van der Waals surface area contributed by atoms with E-state index >= 15 is 0 Å². The number of non-ortho nitro benzene ring substituents is 1. The zero-order valence-electron chi connectivity index (χ0n) is 10.5. The van der Waals surface area contributed by atoms with E-state index in [0.717, 1.165) is 0 Å². The van der Waals surface area contributed by atoms with Gasteiger partial charge in [0.25, 0.3) is 5.69 Å². The number of hydrogen-bond donors (Lipinski definition) is 2. The third-order valence-electron chi connectivity index (χ3n) is 3.13. The Hall–Kier alpha value is -2.64. The number of carboxylic acid groups (broad SMARTS) is 1. The van der Waals surface area contributed by atoms with Crippen molar-refractivity contribution in [1.82, 2.24) is 4.90 Å². The number of amides is 2. The minimum absolute atomic E-state index is 0.0763. The Morgan fingerprint density at radius 3 is 2.55 bits per heavy atom. The summed E-state index contributed by atoms with van der Waals surface area (Å²) in [6, 6.07) is 4.03. The number of nitro benzene ring substituents is 1. The molecule has 20 heavy (non-hydrogen) atoms. The summed E-state index contributed by atoms with van der Waals surface area (Å²) in [5.41, 5.74) is 0.309. The van der Waals surface area contributed by atoms with E-state index in [2.05, 4.69) is 5.32 Å². The molecular weight excluding hydrogens is 266 g/mol. The molecule has 1 aromatic rings. The maximum atomic E-state index is 12.0. The summed E-state index contributed by atoms with van der Waals surface area (Å²) in [6.45, 7) is 0.385. The molecule has 1 heterocycles. The molecule has 0 saturated carbocycles. The smallest absolute Gasteiger partial charge is 0.326 e. The molecule has 0 aromatic heterocycles. The van der Waals surface area contributed by atoms with E-state index in [1.54, 1.807) is 0 Å². The van der Waals surface area contributed by atoms with Gasteiger partial charge in [-0.25, -0.2) is 9.59 Å². The van der Waals surface area contributed by atoms with Crippen LogP contribution in [0.15, 0.2) is 24.3 Å². The molecule has 1 aliphatic rings. The highest BCUT2D eigenvalue weighted by atomic mass is 16.6. The summed E-state index contributed by atoms with van der Waals surface area (Å²) >= 11 is 0. The second kappa shape index (κ2) is 5.55. The van der Waals surface area contributed by atoms with Gasteiger partial charge in [0.05, 0.1) is 4.92 Å². The lowest BCUT2D eigenvalue weighted by molar-refractivity contribution is -0.384. The van der Waals surface area contributed by atoms with Crippen molar-refractivity contribution in [1.29, 1.82) is 0 Å². The second-order valence-electron chi connectivity index (χ2n) is 4.42. The van der Waals surface area contributed by atoms with Crippen LogP contribution >= 0.6 is 0 Å². The number of carboxylic acids is 1. The average molecular weight is 279 g/mol. The number of rotatable bonds is 3. The van der Waals surface area contributed by atoms with Crippen LogP contribution in [0.4, 0.5) is 16.2 Å². The van der Waals surface area contributed by atoms with Gasteiger partial charge in [-0.05, 0) is 25.0 Å².